The quantitative estimate of drug-likeness (QED) is 0.719. The van der Waals surface area contributed by atoms with Crippen molar-refractivity contribution in [2.75, 3.05) is 13.2 Å². The molecule has 1 aromatic heterocycles. The molecule has 0 spiro atoms. The molecule has 2 heterocycles. The number of aromatic nitrogens is 2. The molecule has 0 unspecified atom stereocenters. The van der Waals surface area contributed by atoms with Crippen LogP contribution in [0, 0.1) is 0 Å². The number of nitrogens with zero attached hydrogens (tertiary/aromatic N) is 2. The maximum Gasteiger partial charge on any atom is 0.217 e. The van der Waals surface area contributed by atoms with Gasteiger partial charge in [0.05, 0.1) is 6.10 Å². The highest BCUT2D eigenvalue weighted by molar-refractivity contribution is 6.29. The molecule has 4 nitrogen and oxygen atoms in total. The van der Waals surface area contributed by atoms with Crippen LogP contribution in [0.25, 0.3) is 0 Å². The van der Waals surface area contributed by atoms with E-state index in [9.17, 15) is 0 Å². The Labute approximate surface area is 87.2 Å². The molecule has 0 saturated carbocycles. The first-order valence-corrected chi connectivity index (χ1v) is 4.94. The molecule has 1 saturated heterocycles. The molecule has 2 rings (SSSR count). The molecule has 14 heavy (non-hydrogen) atoms. The number of halogens is 1. The summed E-state index contributed by atoms with van der Waals surface area (Å²) in [4.78, 5) is 7.69. The predicted molar refractivity (Wildman–Crippen MR) is 51.5 cm³/mol. The molecular formula is C9H11ClN2O2. The van der Waals surface area contributed by atoms with Crippen molar-refractivity contribution in [3.8, 4) is 5.88 Å². The molecule has 1 atom stereocenters. The van der Waals surface area contributed by atoms with Gasteiger partial charge in [0.1, 0.15) is 18.1 Å². The van der Waals surface area contributed by atoms with Crippen LogP contribution < -0.4 is 4.74 Å². The summed E-state index contributed by atoms with van der Waals surface area (Å²) < 4.78 is 10.8. The molecular weight excluding hydrogens is 204 g/mol. The third kappa shape index (κ3) is 2.56. The fourth-order valence-electron chi connectivity index (χ4n) is 1.35. The van der Waals surface area contributed by atoms with Crippen LogP contribution in [-0.4, -0.2) is 29.3 Å². The maximum absolute atomic E-state index is 5.68. The van der Waals surface area contributed by atoms with Gasteiger partial charge >= 0.3 is 0 Å². The van der Waals surface area contributed by atoms with E-state index < -0.39 is 0 Å². The highest BCUT2D eigenvalue weighted by Crippen LogP contribution is 2.15. The van der Waals surface area contributed by atoms with Crippen LogP contribution in [0.3, 0.4) is 0 Å². The van der Waals surface area contributed by atoms with E-state index in [2.05, 4.69) is 9.97 Å². The van der Waals surface area contributed by atoms with Crippen molar-refractivity contribution in [1.82, 2.24) is 9.97 Å². The van der Waals surface area contributed by atoms with Crippen molar-refractivity contribution >= 4 is 11.6 Å². The molecule has 0 amide bonds. The minimum Gasteiger partial charge on any atom is -0.475 e. The Hall–Kier alpha value is -0.870. The maximum atomic E-state index is 5.68. The van der Waals surface area contributed by atoms with Crippen molar-refractivity contribution in [2.45, 2.75) is 18.9 Å². The van der Waals surface area contributed by atoms with E-state index in [0.717, 1.165) is 19.4 Å². The van der Waals surface area contributed by atoms with Gasteiger partial charge in [-0.3, -0.25) is 0 Å². The van der Waals surface area contributed by atoms with E-state index in [0.29, 0.717) is 17.6 Å². The molecule has 0 radical (unpaired) electrons. The summed E-state index contributed by atoms with van der Waals surface area (Å²) in [7, 11) is 0. The Kier molecular flexibility index (Phi) is 3.16. The molecule has 1 aliphatic heterocycles. The summed E-state index contributed by atoms with van der Waals surface area (Å²) in [6.45, 7) is 1.37. The summed E-state index contributed by atoms with van der Waals surface area (Å²) in [5, 5.41) is 0.391. The van der Waals surface area contributed by atoms with E-state index >= 15 is 0 Å². The molecule has 0 aromatic carbocycles. The SMILES string of the molecule is Clc1cc(OC[C@H]2CCCO2)ncn1. The summed E-state index contributed by atoms with van der Waals surface area (Å²) in [6.07, 6.45) is 3.74. The summed E-state index contributed by atoms with van der Waals surface area (Å²) in [5.74, 6) is 0.500. The van der Waals surface area contributed by atoms with E-state index in [4.69, 9.17) is 21.1 Å². The first-order chi connectivity index (χ1) is 6.84. The summed E-state index contributed by atoms with van der Waals surface area (Å²) in [5.41, 5.74) is 0. The van der Waals surface area contributed by atoms with Crippen molar-refractivity contribution in [2.24, 2.45) is 0 Å². The van der Waals surface area contributed by atoms with E-state index in [1.165, 1.54) is 6.33 Å². The van der Waals surface area contributed by atoms with Gasteiger partial charge in [0.2, 0.25) is 5.88 Å². The van der Waals surface area contributed by atoms with E-state index in [1.807, 2.05) is 0 Å². The highest BCUT2D eigenvalue weighted by Gasteiger charge is 2.16. The number of rotatable bonds is 3. The Balaban J connectivity index is 1.85. The van der Waals surface area contributed by atoms with Gasteiger partial charge in [0, 0.05) is 12.7 Å². The van der Waals surface area contributed by atoms with Gasteiger partial charge in [-0.2, -0.15) is 0 Å². The smallest absolute Gasteiger partial charge is 0.217 e. The Morgan fingerprint density at radius 1 is 1.57 bits per heavy atom. The first kappa shape index (κ1) is 9.68. The molecule has 76 valence electrons. The molecule has 1 aliphatic rings. The number of hydrogen-bond donors (Lipinski definition) is 0. The fraction of sp³-hybridized carbons (Fsp3) is 0.556. The monoisotopic (exact) mass is 214 g/mol. The average molecular weight is 215 g/mol. The van der Waals surface area contributed by atoms with Gasteiger partial charge in [-0.1, -0.05) is 11.6 Å². The second-order valence-electron chi connectivity index (χ2n) is 3.13. The fourth-order valence-corrected chi connectivity index (χ4v) is 1.49. The zero-order chi connectivity index (χ0) is 9.80. The van der Waals surface area contributed by atoms with Gasteiger partial charge in [0.15, 0.2) is 0 Å². The standard InChI is InChI=1S/C9H11ClN2O2/c10-8-4-9(12-6-11-8)14-5-7-2-1-3-13-7/h4,6-7H,1-3,5H2/t7-/m1/s1. The van der Waals surface area contributed by atoms with Crippen LogP contribution >= 0.6 is 11.6 Å². The van der Waals surface area contributed by atoms with Gasteiger partial charge in [-0.25, -0.2) is 9.97 Å². The van der Waals surface area contributed by atoms with Gasteiger partial charge in [-0.05, 0) is 12.8 Å². The number of ether oxygens (including phenoxy) is 2. The molecule has 5 heteroatoms. The lowest BCUT2D eigenvalue weighted by atomic mass is 10.2. The van der Waals surface area contributed by atoms with Crippen molar-refractivity contribution in [1.29, 1.82) is 0 Å². The molecule has 1 aromatic rings. The summed E-state index contributed by atoms with van der Waals surface area (Å²) in [6, 6.07) is 1.59. The first-order valence-electron chi connectivity index (χ1n) is 4.56. The molecule has 0 N–H and O–H groups in total. The Bertz CT molecular complexity index is 303. The zero-order valence-corrected chi connectivity index (χ0v) is 8.41. The van der Waals surface area contributed by atoms with E-state index in [1.54, 1.807) is 6.07 Å². The normalized spacial score (nSPS) is 21.1. The lowest BCUT2D eigenvalue weighted by Gasteiger charge is -2.10. The third-order valence-electron chi connectivity index (χ3n) is 2.05. The van der Waals surface area contributed by atoms with Gasteiger partial charge < -0.3 is 9.47 Å². The largest absolute Gasteiger partial charge is 0.475 e. The van der Waals surface area contributed by atoms with Crippen molar-refractivity contribution < 1.29 is 9.47 Å². The summed E-state index contributed by atoms with van der Waals surface area (Å²) >= 11 is 5.68. The minimum atomic E-state index is 0.198. The van der Waals surface area contributed by atoms with Crippen LogP contribution in [0.15, 0.2) is 12.4 Å². The molecule has 1 fully saturated rings. The van der Waals surface area contributed by atoms with Gasteiger partial charge in [-0.15, -0.1) is 0 Å². The molecule has 0 bridgehead atoms. The van der Waals surface area contributed by atoms with Crippen molar-refractivity contribution in [3.63, 3.8) is 0 Å². The second kappa shape index (κ2) is 4.57. The lowest BCUT2D eigenvalue weighted by molar-refractivity contribution is 0.0663. The van der Waals surface area contributed by atoms with Crippen LogP contribution in [0.1, 0.15) is 12.8 Å². The Morgan fingerprint density at radius 3 is 3.21 bits per heavy atom. The van der Waals surface area contributed by atoms with Crippen LogP contribution in [0.4, 0.5) is 0 Å². The third-order valence-corrected chi connectivity index (χ3v) is 2.26. The second-order valence-corrected chi connectivity index (χ2v) is 3.51. The highest BCUT2D eigenvalue weighted by atomic mass is 35.5. The van der Waals surface area contributed by atoms with Crippen LogP contribution in [0.5, 0.6) is 5.88 Å². The minimum absolute atomic E-state index is 0.198. The average Bonchev–Trinajstić information content (AvgIpc) is 2.67. The van der Waals surface area contributed by atoms with Gasteiger partial charge in [0.25, 0.3) is 0 Å². The van der Waals surface area contributed by atoms with E-state index in [-0.39, 0.29) is 6.10 Å². The molecule has 0 aliphatic carbocycles. The zero-order valence-electron chi connectivity index (χ0n) is 7.65. The van der Waals surface area contributed by atoms with Crippen molar-refractivity contribution in [3.05, 3.63) is 17.5 Å². The predicted octanol–water partition coefficient (Wildman–Crippen LogP) is 1.69. The lowest BCUT2D eigenvalue weighted by Crippen LogP contribution is -2.16. The Morgan fingerprint density at radius 2 is 2.50 bits per heavy atom. The van der Waals surface area contributed by atoms with Crippen LogP contribution in [0.2, 0.25) is 5.15 Å². The number of hydrogen-bond acceptors (Lipinski definition) is 4. The van der Waals surface area contributed by atoms with Crippen LogP contribution in [-0.2, 0) is 4.74 Å². The topological polar surface area (TPSA) is 44.2 Å².